The fraction of sp³-hybridized carbons (Fsp3) is 0.143. The van der Waals surface area contributed by atoms with Crippen LogP contribution in [-0.4, -0.2) is 13.2 Å². The van der Waals surface area contributed by atoms with E-state index in [0.717, 1.165) is 11.1 Å². The molecular weight excluding hydrogens is 317 g/mol. The lowest BCUT2D eigenvalue weighted by Gasteiger charge is -2.14. The molecule has 128 valence electrons. The first kappa shape index (κ1) is 17.0. The van der Waals surface area contributed by atoms with Crippen LogP contribution in [0.4, 0.5) is 4.39 Å². The van der Waals surface area contributed by atoms with Gasteiger partial charge in [0.25, 0.3) is 0 Å². The summed E-state index contributed by atoms with van der Waals surface area (Å²) in [6.45, 7) is 1.20. The number of halogens is 1. The smallest absolute Gasteiger partial charge is 0.162 e. The molecule has 0 aliphatic heterocycles. The molecule has 3 aromatic carbocycles. The van der Waals surface area contributed by atoms with E-state index in [4.69, 9.17) is 15.2 Å². The molecule has 0 spiro atoms. The Balaban J connectivity index is 1.89. The zero-order valence-corrected chi connectivity index (χ0v) is 13.8. The third kappa shape index (κ3) is 4.37. The first-order valence-electron chi connectivity index (χ1n) is 8.16. The summed E-state index contributed by atoms with van der Waals surface area (Å²) in [6, 6.07) is 21.9. The summed E-state index contributed by atoms with van der Waals surface area (Å²) in [6.07, 6.45) is 0. The molecule has 3 nitrogen and oxygen atoms in total. The van der Waals surface area contributed by atoms with Gasteiger partial charge in [-0.2, -0.15) is 0 Å². The van der Waals surface area contributed by atoms with Crippen LogP contribution in [-0.2, 0) is 6.61 Å². The average molecular weight is 337 g/mol. The molecule has 0 aliphatic rings. The normalized spacial score (nSPS) is 10.5. The number of rotatable bonds is 7. The van der Waals surface area contributed by atoms with Crippen molar-refractivity contribution in [2.75, 3.05) is 13.2 Å². The van der Waals surface area contributed by atoms with Gasteiger partial charge in [-0.1, -0.05) is 54.6 Å². The van der Waals surface area contributed by atoms with E-state index >= 15 is 0 Å². The number of nitrogens with two attached hydrogens (primary N) is 1. The van der Waals surface area contributed by atoms with Crippen LogP contribution in [0, 0.1) is 5.82 Å². The van der Waals surface area contributed by atoms with Crippen molar-refractivity contribution in [3.8, 4) is 22.6 Å². The highest BCUT2D eigenvalue weighted by Gasteiger charge is 2.11. The van der Waals surface area contributed by atoms with Crippen LogP contribution >= 0.6 is 0 Å². The molecule has 0 heterocycles. The molecule has 25 heavy (non-hydrogen) atoms. The second-order valence-corrected chi connectivity index (χ2v) is 5.55. The van der Waals surface area contributed by atoms with E-state index in [2.05, 4.69) is 0 Å². The second kappa shape index (κ2) is 8.31. The molecular formula is C21H20FNO2. The molecule has 3 aromatic rings. The van der Waals surface area contributed by atoms with E-state index in [1.165, 1.54) is 6.07 Å². The van der Waals surface area contributed by atoms with Crippen molar-refractivity contribution in [3.05, 3.63) is 84.2 Å². The van der Waals surface area contributed by atoms with Gasteiger partial charge < -0.3 is 15.2 Å². The SMILES string of the molecule is NCCOc1ccc(-c2ccccc2F)cc1OCc1ccccc1. The second-order valence-electron chi connectivity index (χ2n) is 5.55. The van der Waals surface area contributed by atoms with Crippen LogP contribution in [0.25, 0.3) is 11.1 Å². The maximum atomic E-state index is 14.1. The third-order valence-electron chi connectivity index (χ3n) is 3.74. The molecule has 0 unspecified atom stereocenters. The minimum Gasteiger partial charge on any atom is -0.488 e. The number of ether oxygens (including phenoxy) is 2. The minimum absolute atomic E-state index is 0.271. The first-order valence-corrected chi connectivity index (χ1v) is 8.16. The average Bonchev–Trinajstić information content (AvgIpc) is 2.66. The molecule has 0 saturated heterocycles. The molecule has 0 bridgehead atoms. The van der Waals surface area contributed by atoms with E-state index < -0.39 is 0 Å². The molecule has 0 aromatic heterocycles. The Morgan fingerprint density at radius 3 is 2.32 bits per heavy atom. The molecule has 2 N–H and O–H groups in total. The monoisotopic (exact) mass is 337 g/mol. The first-order chi connectivity index (χ1) is 12.3. The van der Waals surface area contributed by atoms with E-state index in [9.17, 15) is 4.39 Å². The predicted octanol–water partition coefficient (Wildman–Crippen LogP) is 4.41. The summed E-state index contributed by atoms with van der Waals surface area (Å²) in [5, 5.41) is 0. The van der Waals surface area contributed by atoms with Gasteiger partial charge in [0.15, 0.2) is 11.5 Å². The summed E-state index contributed by atoms with van der Waals surface area (Å²) in [7, 11) is 0. The summed E-state index contributed by atoms with van der Waals surface area (Å²) in [4.78, 5) is 0. The maximum absolute atomic E-state index is 14.1. The Labute approximate surface area is 146 Å². The standard InChI is InChI=1S/C21H20FNO2/c22-19-9-5-4-8-18(19)17-10-11-20(24-13-12-23)21(14-17)25-15-16-6-2-1-3-7-16/h1-11,14H,12-13,15,23H2. The number of benzene rings is 3. The van der Waals surface area contributed by atoms with E-state index in [1.807, 2.05) is 42.5 Å². The number of hydrogen-bond donors (Lipinski definition) is 1. The molecule has 0 atom stereocenters. The van der Waals surface area contributed by atoms with Crippen molar-refractivity contribution < 1.29 is 13.9 Å². The largest absolute Gasteiger partial charge is 0.488 e. The van der Waals surface area contributed by atoms with Crippen molar-refractivity contribution in [2.24, 2.45) is 5.73 Å². The highest BCUT2D eigenvalue weighted by Crippen LogP contribution is 2.34. The van der Waals surface area contributed by atoms with Gasteiger partial charge in [0, 0.05) is 12.1 Å². The molecule has 0 saturated carbocycles. The molecule has 0 amide bonds. The van der Waals surface area contributed by atoms with Gasteiger partial charge >= 0.3 is 0 Å². The highest BCUT2D eigenvalue weighted by atomic mass is 19.1. The molecule has 0 radical (unpaired) electrons. The fourth-order valence-electron chi connectivity index (χ4n) is 2.51. The van der Waals surface area contributed by atoms with Crippen LogP contribution < -0.4 is 15.2 Å². The Kier molecular flexibility index (Phi) is 5.65. The third-order valence-corrected chi connectivity index (χ3v) is 3.74. The predicted molar refractivity (Wildman–Crippen MR) is 97.2 cm³/mol. The minimum atomic E-state index is -0.271. The van der Waals surface area contributed by atoms with Crippen LogP contribution in [0.3, 0.4) is 0 Å². The molecule has 0 aliphatic carbocycles. The van der Waals surface area contributed by atoms with Gasteiger partial charge in [0.2, 0.25) is 0 Å². The summed E-state index contributed by atoms with van der Waals surface area (Å²) < 4.78 is 25.7. The quantitative estimate of drug-likeness (QED) is 0.694. The van der Waals surface area contributed by atoms with Crippen molar-refractivity contribution in [3.63, 3.8) is 0 Å². The van der Waals surface area contributed by atoms with Crippen molar-refractivity contribution in [1.29, 1.82) is 0 Å². The van der Waals surface area contributed by atoms with E-state index in [0.29, 0.717) is 36.8 Å². The van der Waals surface area contributed by atoms with Crippen LogP contribution in [0.1, 0.15) is 5.56 Å². The fourth-order valence-corrected chi connectivity index (χ4v) is 2.51. The van der Waals surface area contributed by atoms with Crippen LogP contribution in [0.5, 0.6) is 11.5 Å². The lowest BCUT2D eigenvalue weighted by Crippen LogP contribution is -2.11. The summed E-state index contributed by atoms with van der Waals surface area (Å²) >= 11 is 0. The van der Waals surface area contributed by atoms with Crippen molar-refractivity contribution in [1.82, 2.24) is 0 Å². The summed E-state index contributed by atoms with van der Waals surface area (Å²) in [5.41, 5.74) is 7.82. The van der Waals surface area contributed by atoms with Crippen LogP contribution in [0.15, 0.2) is 72.8 Å². The van der Waals surface area contributed by atoms with Gasteiger partial charge in [-0.3, -0.25) is 0 Å². The zero-order valence-electron chi connectivity index (χ0n) is 13.8. The zero-order chi connectivity index (χ0) is 17.5. The topological polar surface area (TPSA) is 44.5 Å². The Bertz CT molecular complexity index is 821. The Morgan fingerprint density at radius 2 is 1.56 bits per heavy atom. The Hall–Kier alpha value is -2.85. The van der Waals surface area contributed by atoms with Crippen molar-refractivity contribution in [2.45, 2.75) is 6.61 Å². The van der Waals surface area contributed by atoms with E-state index in [1.54, 1.807) is 24.3 Å². The molecule has 4 heteroatoms. The highest BCUT2D eigenvalue weighted by molar-refractivity contribution is 5.67. The molecule has 0 fully saturated rings. The number of hydrogen-bond acceptors (Lipinski definition) is 3. The van der Waals surface area contributed by atoms with E-state index in [-0.39, 0.29) is 5.82 Å². The molecule has 3 rings (SSSR count). The van der Waals surface area contributed by atoms with Gasteiger partial charge in [0.05, 0.1) is 0 Å². The van der Waals surface area contributed by atoms with Gasteiger partial charge in [-0.05, 0) is 29.3 Å². The van der Waals surface area contributed by atoms with Gasteiger partial charge in [-0.15, -0.1) is 0 Å². The van der Waals surface area contributed by atoms with Gasteiger partial charge in [-0.25, -0.2) is 4.39 Å². The van der Waals surface area contributed by atoms with Crippen LogP contribution in [0.2, 0.25) is 0 Å². The van der Waals surface area contributed by atoms with Crippen molar-refractivity contribution >= 4 is 0 Å². The lowest BCUT2D eigenvalue weighted by molar-refractivity contribution is 0.266. The van der Waals surface area contributed by atoms with Gasteiger partial charge in [0.1, 0.15) is 19.0 Å². The summed E-state index contributed by atoms with van der Waals surface area (Å²) in [5.74, 6) is 0.895. The maximum Gasteiger partial charge on any atom is 0.162 e. The lowest BCUT2D eigenvalue weighted by atomic mass is 10.0. The Morgan fingerprint density at radius 1 is 0.800 bits per heavy atom.